The number of aliphatic hydroxyl groups excluding tert-OH is 4. The molecule has 6 N–H and O–H groups in total. The smallest absolute Gasteiger partial charge is 0.331 e. The molecule has 3 aliphatic heterocycles. The molecule has 4 aliphatic carbocycles. The molecule has 0 aromatic rings. The Balaban J connectivity index is 1.03. The van der Waals surface area contributed by atoms with Gasteiger partial charge in [-0.05, 0) is 87.0 Å². The van der Waals surface area contributed by atoms with Gasteiger partial charge >= 0.3 is 5.97 Å². The highest BCUT2D eigenvalue weighted by molar-refractivity contribution is 5.85. The molecular weight excluding hydrogens is 668 g/mol. The number of hydrogen-bond acceptors (Lipinski definition) is 14. The molecule has 14 nitrogen and oxygen atoms in total. The topological polar surface area (TPSA) is 203 Å². The summed E-state index contributed by atoms with van der Waals surface area (Å²) >= 11 is 0. The van der Waals surface area contributed by atoms with Crippen LogP contribution in [-0.2, 0) is 38.0 Å². The first-order valence-electron chi connectivity index (χ1n) is 18.8. The Morgan fingerprint density at radius 1 is 0.804 bits per heavy atom. The minimum Gasteiger partial charge on any atom is -0.458 e. The van der Waals surface area contributed by atoms with Crippen molar-refractivity contribution in [2.75, 3.05) is 27.4 Å². The summed E-state index contributed by atoms with van der Waals surface area (Å²) in [5.41, 5.74) is -1.66. The number of hydrogen-bond donors (Lipinski definition) is 6. The van der Waals surface area contributed by atoms with E-state index in [2.05, 4.69) is 13.8 Å². The van der Waals surface area contributed by atoms with Crippen molar-refractivity contribution in [1.82, 2.24) is 0 Å². The first-order chi connectivity index (χ1) is 24.1. The van der Waals surface area contributed by atoms with E-state index in [1.54, 1.807) is 13.0 Å². The van der Waals surface area contributed by atoms with E-state index in [0.29, 0.717) is 38.7 Å². The lowest BCUT2D eigenvalue weighted by molar-refractivity contribution is -0.365. The average molecular weight is 727 g/mol. The summed E-state index contributed by atoms with van der Waals surface area (Å²) in [5.74, 6) is -0.000308. The summed E-state index contributed by atoms with van der Waals surface area (Å²) < 4.78 is 41.6. The summed E-state index contributed by atoms with van der Waals surface area (Å²) in [6, 6.07) is 0. The predicted octanol–water partition coefficient (Wildman–Crippen LogP) is 0.703. The Hall–Kier alpha value is -1.27. The van der Waals surface area contributed by atoms with Crippen molar-refractivity contribution >= 4 is 5.97 Å². The second-order valence-corrected chi connectivity index (χ2v) is 16.9. The van der Waals surface area contributed by atoms with Crippen LogP contribution in [0.15, 0.2) is 11.6 Å². The van der Waals surface area contributed by atoms with Crippen LogP contribution in [0.5, 0.6) is 0 Å². The third-order valence-corrected chi connectivity index (χ3v) is 14.8. The maximum atomic E-state index is 12.6. The number of fused-ring (bicyclic) bond motifs is 5. The zero-order chi connectivity index (χ0) is 36.7. The van der Waals surface area contributed by atoms with Crippen LogP contribution in [0.4, 0.5) is 0 Å². The van der Waals surface area contributed by atoms with Gasteiger partial charge in [-0.2, -0.15) is 0 Å². The fraction of sp³-hybridized carbons (Fsp3) is 0.919. The van der Waals surface area contributed by atoms with Crippen molar-refractivity contribution in [2.45, 2.75) is 157 Å². The molecule has 51 heavy (non-hydrogen) atoms. The molecule has 3 heterocycles. The van der Waals surface area contributed by atoms with Gasteiger partial charge in [-0.15, -0.1) is 0 Å². The van der Waals surface area contributed by atoms with Crippen LogP contribution in [0.25, 0.3) is 0 Å². The molecule has 18 atom stereocenters. The van der Waals surface area contributed by atoms with Crippen molar-refractivity contribution in [2.24, 2.45) is 28.6 Å². The lowest BCUT2D eigenvalue weighted by Crippen LogP contribution is -2.68. The minimum absolute atomic E-state index is 0.0473. The molecular formula is C37H58O14. The number of methoxy groups -OCH3 is 2. The number of cyclic esters (lactones) is 1. The molecule has 6 fully saturated rings. The van der Waals surface area contributed by atoms with Gasteiger partial charge in [-0.1, -0.05) is 13.8 Å². The standard InChI is InChI=1S/C37H58O14/c1-18-29(51-32-28(42)27(41)26(40)24(16-38)50-32)30(45-4)31(46-5)33(48-18)49-20-6-10-34(2)22-7-11-35(3)21(19-14-25(39)47-17-19)9-13-37(35,44)23(22)8-12-36(34,43)15-20/h14,18,20-24,26-33,38,40-44H,6-13,15-17H2,1-5H3. The van der Waals surface area contributed by atoms with Gasteiger partial charge < -0.3 is 63.8 Å². The molecule has 0 aromatic carbocycles. The molecule has 0 bridgehead atoms. The molecule has 0 aromatic heterocycles. The number of carbonyl (C=O) groups is 1. The maximum absolute atomic E-state index is 12.6. The third-order valence-electron chi connectivity index (χ3n) is 14.8. The second kappa shape index (κ2) is 13.8. The largest absolute Gasteiger partial charge is 0.458 e. The molecule has 7 rings (SSSR count). The zero-order valence-electron chi connectivity index (χ0n) is 30.4. The Morgan fingerprint density at radius 3 is 2.18 bits per heavy atom. The summed E-state index contributed by atoms with van der Waals surface area (Å²) in [5, 5.41) is 65.8. The predicted molar refractivity (Wildman–Crippen MR) is 177 cm³/mol. The summed E-state index contributed by atoms with van der Waals surface area (Å²) in [6.45, 7) is 5.88. The molecule has 2 saturated heterocycles. The first kappa shape index (κ1) is 38.0. The summed E-state index contributed by atoms with van der Waals surface area (Å²) in [7, 11) is 3.00. The van der Waals surface area contributed by atoms with Crippen molar-refractivity contribution in [1.29, 1.82) is 0 Å². The van der Waals surface area contributed by atoms with Gasteiger partial charge in [0.2, 0.25) is 0 Å². The minimum atomic E-state index is -1.60. The molecule has 290 valence electrons. The summed E-state index contributed by atoms with van der Waals surface area (Å²) in [6.07, 6.45) is -3.53. The quantitative estimate of drug-likeness (QED) is 0.151. The van der Waals surface area contributed by atoms with E-state index in [-0.39, 0.29) is 35.2 Å². The Labute approximate surface area is 299 Å². The zero-order valence-corrected chi connectivity index (χ0v) is 30.4. The highest BCUT2D eigenvalue weighted by atomic mass is 16.7. The Morgan fingerprint density at radius 2 is 1.51 bits per heavy atom. The van der Waals surface area contributed by atoms with E-state index in [1.807, 2.05) is 0 Å². The van der Waals surface area contributed by atoms with E-state index in [1.165, 1.54) is 14.2 Å². The van der Waals surface area contributed by atoms with Gasteiger partial charge in [0.25, 0.3) is 0 Å². The van der Waals surface area contributed by atoms with Gasteiger partial charge in [0.15, 0.2) is 12.6 Å². The fourth-order valence-corrected chi connectivity index (χ4v) is 11.8. The third kappa shape index (κ3) is 5.86. The van der Waals surface area contributed by atoms with E-state index in [4.69, 9.17) is 33.2 Å². The molecule has 0 amide bonds. The van der Waals surface area contributed by atoms with Crippen LogP contribution in [-0.4, -0.2) is 143 Å². The van der Waals surface area contributed by atoms with E-state index in [9.17, 15) is 35.4 Å². The molecule has 14 heteroatoms. The van der Waals surface area contributed by atoms with Gasteiger partial charge in [0.05, 0.1) is 30.0 Å². The van der Waals surface area contributed by atoms with Crippen molar-refractivity contribution < 1.29 is 68.6 Å². The van der Waals surface area contributed by atoms with Crippen molar-refractivity contribution in [3.05, 3.63) is 11.6 Å². The van der Waals surface area contributed by atoms with Crippen molar-refractivity contribution in [3.8, 4) is 0 Å². The van der Waals surface area contributed by atoms with E-state index < -0.39 is 84.6 Å². The van der Waals surface area contributed by atoms with Crippen molar-refractivity contribution in [3.63, 3.8) is 0 Å². The molecule has 0 radical (unpaired) electrons. The SMILES string of the molecule is COC1C(OC2CCC3(C)C4CCC5(C)C(C6=CC(=O)OC6)CCC5(O)C4CCC3(O)C2)OC(C)C(OC2OC(CO)C(O)C(O)C2O)C1OC. The summed E-state index contributed by atoms with van der Waals surface area (Å²) in [4.78, 5) is 11.9. The van der Waals surface area contributed by atoms with Gasteiger partial charge in [-0.25, -0.2) is 4.79 Å². The molecule has 4 saturated carbocycles. The molecule has 7 aliphatic rings. The van der Waals surface area contributed by atoms with Crippen LogP contribution < -0.4 is 0 Å². The number of carbonyl (C=O) groups excluding carboxylic acids is 1. The lowest BCUT2D eigenvalue weighted by atomic mass is 9.42. The fourth-order valence-electron chi connectivity index (χ4n) is 11.8. The van der Waals surface area contributed by atoms with Crippen LogP contribution in [0.2, 0.25) is 0 Å². The number of ether oxygens (including phenoxy) is 7. The maximum Gasteiger partial charge on any atom is 0.331 e. The highest BCUT2D eigenvalue weighted by Gasteiger charge is 2.70. The van der Waals surface area contributed by atoms with Gasteiger partial charge in [0, 0.05) is 32.1 Å². The second-order valence-electron chi connectivity index (χ2n) is 16.9. The average Bonchev–Trinajstić information content (AvgIpc) is 3.65. The number of esters is 1. The normalized spacial score (nSPS) is 54.3. The van der Waals surface area contributed by atoms with E-state index >= 15 is 0 Å². The van der Waals surface area contributed by atoms with Crippen LogP contribution >= 0.6 is 0 Å². The van der Waals surface area contributed by atoms with Gasteiger partial charge in [0.1, 0.15) is 49.3 Å². The molecule has 18 unspecified atom stereocenters. The van der Waals surface area contributed by atoms with Crippen LogP contribution in [0.1, 0.15) is 78.6 Å². The molecule has 0 spiro atoms. The lowest BCUT2D eigenvalue weighted by Gasteiger charge is -2.66. The highest BCUT2D eigenvalue weighted by Crippen LogP contribution is 2.70. The first-order valence-corrected chi connectivity index (χ1v) is 18.8. The monoisotopic (exact) mass is 726 g/mol. The van der Waals surface area contributed by atoms with Crippen LogP contribution in [0, 0.1) is 28.6 Å². The Bertz CT molecular complexity index is 1330. The van der Waals surface area contributed by atoms with Gasteiger partial charge in [-0.3, -0.25) is 0 Å². The van der Waals surface area contributed by atoms with E-state index in [0.717, 1.165) is 31.3 Å². The number of rotatable bonds is 8. The number of aliphatic hydroxyl groups is 6. The van der Waals surface area contributed by atoms with Crippen LogP contribution in [0.3, 0.4) is 0 Å². The Kier molecular flexibility index (Phi) is 10.3.